The maximum atomic E-state index is 12.8. The van der Waals surface area contributed by atoms with Crippen LogP contribution in [0.1, 0.15) is 58.4 Å². The third-order valence-electron chi connectivity index (χ3n) is 11.9. The Balaban J connectivity index is 0.000000216. The predicted octanol–water partition coefficient (Wildman–Crippen LogP) is 10.4. The highest BCUT2D eigenvalue weighted by atomic mass is 16.3. The van der Waals surface area contributed by atoms with E-state index in [1.807, 2.05) is 94.4 Å². The van der Waals surface area contributed by atoms with E-state index in [9.17, 15) is 29.4 Å². The monoisotopic (exact) mass is 1000 g/mol. The molecule has 0 atom stereocenters. The first-order chi connectivity index (χ1) is 35.3. The molecule has 8 aromatic rings. The van der Waals surface area contributed by atoms with Gasteiger partial charge in [-0.25, -0.2) is 9.59 Å². The maximum absolute atomic E-state index is 12.8. The molecular formula is C52H56N16O6. The highest BCUT2D eigenvalue weighted by molar-refractivity contribution is 5.65. The molecule has 74 heavy (non-hydrogen) atoms. The lowest BCUT2D eigenvalue weighted by molar-refractivity contribution is 0.406. The lowest BCUT2D eigenvalue weighted by Crippen LogP contribution is -2.20. The van der Waals surface area contributed by atoms with Gasteiger partial charge in [-0.3, -0.25) is 28.7 Å². The van der Waals surface area contributed by atoms with Crippen molar-refractivity contribution in [2.24, 2.45) is 20.5 Å². The highest BCUT2D eigenvalue weighted by Gasteiger charge is 2.18. The number of aromatic hydroxyl groups is 2. The molecule has 380 valence electrons. The number of azo groups is 2. The fraction of sp³-hybridized carbons (Fsp3) is 0.231. The van der Waals surface area contributed by atoms with Crippen LogP contribution < -0.4 is 43.8 Å². The zero-order valence-corrected chi connectivity index (χ0v) is 42.5. The molecule has 8 rings (SSSR count). The number of benzene rings is 4. The van der Waals surface area contributed by atoms with Gasteiger partial charge in [0.2, 0.25) is 23.8 Å². The molecule has 0 unspecified atom stereocenters. The van der Waals surface area contributed by atoms with Crippen LogP contribution in [0.25, 0.3) is 0 Å². The summed E-state index contributed by atoms with van der Waals surface area (Å²) in [7, 11) is 0. The van der Waals surface area contributed by atoms with Gasteiger partial charge in [0.15, 0.2) is 23.1 Å². The number of H-pyrrole nitrogens is 2. The molecule has 0 radical (unpaired) electrons. The minimum Gasteiger partial charge on any atom is -0.494 e. The van der Waals surface area contributed by atoms with Crippen molar-refractivity contribution >= 4 is 69.3 Å². The van der Waals surface area contributed by atoms with E-state index < -0.39 is 22.5 Å². The molecule has 8 N–H and O–H groups in total. The van der Waals surface area contributed by atoms with Crippen LogP contribution in [-0.2, 0) is 13.1 Å². The number of hydrogen-bond acceptors (Lipinski definition) is 18. The SMILES string of the molecule is CCn1c(O)c(C)c(C)c(N=Nc2cc(Nc3nc(Nc4ccc(C)cc4)nc(=O)[nH]3)ccc2C)c1=O.CCn1c(O)c(C)c(C)c(N=Nc2cc(Nc3nc(Nc4cccc(C)c4)[nH]c(=O)n3)ccc2C)c1=O. The van der Waals surface area contributed by atoms with Crippen LogP contribution in [0.15, 0.2) is 125 Å². The Hall–Kier alpha value is -9.60. The predicted molar refractivity (Wildman–Crippen MR) is 287 cm³/mol. The summed E-state index contributed by atoms with van der Waals surface area (Å²) in [4.78, 5) is 71.5. The van der Waals surface area contributed by atoms with Crippen LogP contribution in [0.2, 0.25) is 0 Å². The van der Waals surface area contributed by atoms with Gasteiger partial charge >= 0.3 is 11.4 Å². The van der Waals surface area contributed by atoms with Gasteiger partial charge < -0.3 is 31.5 Å². The molecule has 0 aliphatic rings. The lowest BCUT2D eigenvalue weighted by Gasteiger charge is -2.12. The van der Waals surface area contributed by atoms with Gasteiger partial charge in [0.25, 0.3) is 11.1 Å². The summed E-state index contributed by atoms with van der Waals surface area (Å²) in [5.41, 5.74) is 8.23. The number of hydrogen-bond donors (Lipinski definition) is 8. The molecule has 4 aromatic heterocycles. The molecule has 0 saturated carbocycles. The quantitative estimate of drug-likeness (QED) is 0.0470. The Labute approximate surface area is 424 Å². The van der Waals surface area contributed by atoms with Crippen molar-refractivity contribution < 1.29 is 10.2 Å². The van der Waals surface area contributed by atoms with Crippen LogP contribution in [-0.4, -0.2) is 49.3 Å². The molecule has 0 amide bonds. The Morgan fingerprint density at radius 1 is 0.473 bits per heavy atom. The number of nitrogens with zero attached hydrogens (tertiary/aromatic N) is 10. The summed E-state index contributed by atoms with van der Waals surface area (Å²) >= 11 is 0. The lowest BCUT2D eigenvalue weighted by atomic mass is 10.1. The van der Waals surface area contributed by atoms with Gasteiger partial charge in [0.1, 0.15) is 0 Å². The first kappa shape index (κ1) is 52.2. The zero-order valence-electron chi connectivity index (χ0n) is 42.5. The van der Waals surface area contributed by atoms with Crippen LogP contribution in [0, 0.1) is 55.4 Å². The molecule has 0 fully saturated rings. The van der Waals surface area contributed by atoms with Crippen LogP contribution in [0.4, 0.5) is 69.3 Å². The van der Waals surface area contributed by atoms with E-state index in [0.717, 1.165) is 33.6 Å². The van der Waals surface area contributed by atoms with Gasteiger partial charge in [-0.05, 0) is 146 Å². The van der Waals surface area contributed by atoms with Crippen molar-refractivity contribution in [1.82, 2.24) is 39.0 Å². The number of aromatic nitrogens is 8. The minimum absolute atomic E-state index is 0.0681. The molecule has 22 nitrogen and oxygen atoms in total. The van der Waals surface area contributed by atoms with Crippen molar-refractivity contribution in [3.63, 3.8) is 0 Å². The summed E-state index contributed by atoms with van der Waals surface area (Å²) in [6, 6.07) is 26.0. The molecule has 0 saturated heterocycles. The first-order valence-corrected chi connectivity index (χ1v) is 23.4. The van der Waals surface area contributed by atoms with E-state index in [4.69, 9.17) is 0 Å². The summed E-state index contributed by atoms with van der Waals surface area (Å²) in [5.74, 6) is 0.540. The largest absolute Gasteiger partial charge is 0.494 e. The molecule has 4 aromatic carbocycles. The second-order valence-electron chi connectivity index (χ2n) is 17.2. The number of nitrogens with one attached hydrogen (secondary N) is 6. The average Bonchev–Trinajstić information content (AvgIpc) is 3.35. The van der Waals surface area contributed by atoms with Gasteiger partial charge in [-0.1, -0.05) is 42.0 Å². The maximum Gasteiger partial charge on any atom is 0.351 e. The van der Waals surface area contributed by atoms with Crippen molar-refractivity contribution in [1.29, 1.82) is 0 Å². The van der Waals surface area contributed by atoms with E-state index in [-0.39, 0.29) is 46.9 Å². The van der Waals surface area contributed by atoms with E-state index in [1.54, 1.807) is 59.7 Å². The summed E-state index contributed by atoms with van der Waals surface area (Å²) in [6.07, 6.45) is 0. The van der Waals surface area contributed by atoms with Gasteiger partial charge in [-0.2, -0.15) is 30.2 Å². The Kier molecular flexibility index (Phi) is 16.0. The summed E-state index contributed by atoms with van der Waals surface area (Å²) in [6.45, 7) is 18.8. The van der Waals surface area contributed by atoms with Crippen LogP contribution in [0.5, 0.6) is 11.8 Å². The number of anilines is 8. The summed E-state index contributed by atoms with van der Waals surface area (Å²) in [5, 5.41) is 49.8. The second kappa shape index (κ2) is 22.6. The average molecular weight is 1000 g/mol. The number of rotatable bonds is 14. The fourth-order valence-corrected chi connectivity index (χ4v) is 7.37. The molecule has 0 spiro atoms. The molecule has 22 heteroatoms. The van der Waals surface area contributed by atoms with Crippen molar-refractivity contribution in [2.45, 2.75) is 82.3 Å². The number of pyridine rings is 2. The smallest absolute Gasteiger partial charge is 0.351 e. The molecule has 0 bridgehead atoms. The Morgan fingerprint density at radius 2 is 0.892 bits per heavy atom. The standard InChI is InChI=1S/2C26H28N8O3/c1-6-34-22(35)17(5)16(4)21(23(34)36)33-32-20-13-19(12-9-15(20)3)28-25-29-24(30-26(37)31-25)27-18-10-7-14(2)8-11-18;1-6-34-22(35)17(5)16(4)21(23(34)36)33-32-20-13-19(11-10-15(20)3)28-25-29-24(30-26(37)31-25)27-18-9-7-8-14(2)12-18/h2*7-13,35H,6H2,1-5H3,(H3,27,28,29,30,31,37). The van der Waals surface area contributed by atoms with E-state index in [1.165, 1.54) is 9.13 Å². The van der Waals surface area contributed by atoms with Gasteiger partial charge in [-0.15, -0.1) is 10.2 Å². The summed E-state index contributed by atoms with van der Waals surface area (Å²) < 4.78 is 2.52. The highest BCUT2D eigenvalue weighted by Crippen LogP contribution is 2.32. The van der Waals surface area contributed by atoms with E-state index >= 15 is 0 Å². The van der Waals surface area contributed by atoms with Crippen molar-refractivity contribution in [3.8, 4) is 11.8 Å². The van der Waals surface area contributed by atoms with Gasteiger partial charge in [0.05, 0.1) is 11.4 Å². The van der Waals surface area contributed by atoms with Gasteiger partial charge in [0, 0.05) is 47.0 Å². The number of aryl methyl sites for hydroxylation is 4. The zero-order chi connectivity index (χ0) is 53.4. The Bertz CT molecular complexity index is 3710. The molecule has 0 aliphatic heterocycles. The van der Waals surface area contributed by atoms with Crippen molar-refractivity contribution in [3.05, 3.63) is 171 Å². The Morgan fingerprint density at radius 3 is 1.34 bits per heavy atom. The molecular weight excluding hydrogens is 945 g/mol. The number of aromatic amines is 2. The van der Waals surface area contributed by atoms with E-state index in [2.05, 4.69) is 71.6 Å². The third kappa shape index (κ3) is 12.3. The minimum atomic E-state index is -0.565. The normalized spacial score (nSPS) is 11.2. The van der Waals surface area contributed by atoms with Crippen molar-refractivity contribution in [2.75, 3.05) is 21.3 Å². The molecule has 0 aliphatic carbocycles. The van der Waals surface area contributed by atoms with Crippen LogP contribution >= 0.6 is 0 Å². The third-order valence-corrected chi connectivity index (χ3v) is 11.9. The van der Waals surface area contributed by atoms with E-state index in [0.29, 0.717) is 58.1 Å². The fourth-order valence-electron chi connectivity index (χ4n) is 7.37. The first-order valence-electron chi connectivity index (χ1n) is 23.4. The van der Waals surface area contributed by atoms with Crippen LogP contribution in [0.3, 0.4) is 0 Å². The second-order valence-corrected chi connectivity index (χ2v) is 17.2. The topological polar surface area (TPSA) is 299 Å². The molecule has 4 heterocycles.